The molecule has 0 bridgehead atoms. The Kier molecular flexibility index (Phi) is 5.56. The molecule has 9 heteroatoms. The first kappa shape index (κ1) is 23.6. The number of aliphatic hydroxyl groups excluding tert-OH is 1. The van der Waals surface area contributed by atoms with Gasteiger partial charge in [0.05, 0.1) is 28.3 Å². The summed E-state index contributed by atoms with van der Waals surface area (Å²) in [6.07, 6.45) is -6.78. The van der Waals surface area contributed by atoms with Crippen molar-refractivity contribution in [2.75, 3.05) is 0 Å². The Morgan fingerprint density at radius 1 is 1.09 bits per heavy atom. The fourth-order valence-electron chi connectivity index (χ4n) is 3.73. The van der Waals surface area contributed by atoms with E-state index in [1.807, 2.05) is 0 Å². The lowest BCUT2D eigenvalue weighted by Gasteiger charge is -2.21. The predicted octanol–water partition coefficient (Wildman–Crippen LogP) is 6.27. The normalized spacial score (nSPS) is 13.4. The monoisotopic (exact) mass is 473 g/mol. The maximum absolute atomic E-state index is 13.4. The zero-order valence-electron chi connectivity index (χ0n) is 18.9. The van der Waals surface area contributed by atoms with Crippen LogP contribution < -0.4 is 5.43 Å². The highest BCUT2D eigenvalue weighted by Crippen LogP contribution is 2.36. The van der Waals surface area contributed by atoms with Crippen molar-refractivity contribution >= 4 is 28.0 Å². The van der Waals surface area contributed by atoms with Crippen LogP contribution in [0.2, 0.25) is 0 Å². The number of hydrogen-bond donors (Lipinski definition) is 1. The standard InChI is InChI=1S/C25H22F3NO5/c1-13(30)16-10-15(25(26,27)28)11-17-20(31)12-21(33-22(16)17)19-9-14-7-5-6-8-18(14)29(19)23(32)34-24(2,3)4/h5-13,30H,1-4H3. The Bertz CT molecular complexity index is 1470. The molecular formula is C25H22F3NO5. The Hall–Kier alpha value is -3.59. The van der Waals surface area contributed by atoms with Gasteiger partial charge in [0.25, 0.3) is 0 Å². The SMILES string of the molecule is CC(O)c1cc(C(F)(F)F)cc2c(=O)cc(-c3cc4ccccc4n3C(=O)OC(C)(C)C)oc12. The zero-order valence-corrected chi connectivity index (χ0v) is 18.9. The number of fused-ring (bicyclic) bond motifs is 2. The van der Waals surface area contributed by atoms with Gasteiger partial charge in [-0.25, -0.2) is 9.36 Å². The topological polar surface area (TPSA) is 81.7 Å². The minimum atomic E-state index is -4.72. The Morgan fingerprint density at radius 3 is 2.38 bits per heavy atom. The van der Waals surface area contributed by atoms with E-state index in [2.05, 4.69) is 0 Å². The van der Waals surface area contributed by atoms with Gasteiger partial charge < -0.3 is 14.3 Å². The first-order valence-electron chi connectivity index (χ1n) is 10.5. The van der Waals surface area contributed by atoms with Crippen molar-refractivity contribution in [1.82, 2.24) is 4.57 Å². The molecule has 0 saturated heterocycles. The number of para-hydroxylation sites is 1. The number of rotatable bonds is 2. The van der Waals surface area contributed by atoms with Gasteiger partial charge in [-0.2, -0.15) is 13.2 Å². The van der Waals surface area contributed by atoms with Gasteiger partial charge in [0.2, 0.25) is 0 Å². The third-order valence-corrected chi connectivity index (χ3v) is 5.17. The number of aliphatic hydroxyl groups is 1. The molecule has 0 amide bonds. The van der Waals surface area contributed by atoms with Crippen LogP contribution in [0.25, 0.3) is 33.3 Å². The molecule has 6 nitrogen and oxygen atoms in total. The molecule has 1 atom stereocenters. The summed E-state index contributed by atoms with van der Waals surface area (Å²) in [5.41, 5.74) is -2.32. The van der Waals surface area contributed by atoms with Gasteiger partial charge in [-0.15, -0.1) is 0 Å². The summed E-state index contributed by atoms with van der Waals surface area (Å²) in [6, 6.07) is 11.1. The second-order valence-corrected chi connectivity index (χ2v) is 8.99. The third kappa shape index (κ3) is 4.31. The quantitative estimate of drug-likeness (QED) is 0.371. The maximum atomic E-state index is 13.4. The Balaban J connectivity index is 2.02. The second-order valence-electron chi connectivity index (χ2n) is 8.99. The molecule has 2 aromatic carbocycles. The lowest BCUT2D eigenvalue weighted by molar-refractivity contribution is -0.137. The molecule has 178 valence electrons. The van der Waals surface area contributed by atoms with E-state index in [0.717, 1.165) is 12.1 Å². The van der Waals surface area contributed by atoms with E-state index < -0.39 is 35.0 Å². The lowest BCUT2D eigenvalue weighted by atomic mass is 10.0. The molecule has 0 fully saturated rings. The number of aromatic nitrogens is 1. The predicted molar refractivity (Wildman–Crippen MR) is 121 cm³/mol. The summed E-state index contributed by atoms with van der Waals surface area (Å²) < 4.78 is 52.7. The molecule has 4 rings (SSSR count). The number of alkyl halides is 3. The third-order valence-electron chi connectivity index (χ3n) is 5.17. The van der Waals surface area contributed by atoms with Crippen LogP contribution in [0.5, 0.6) is 0 Å². The molecule has 0 spiro atoms. The summed E-state index contributed by atoms with van der Waals surface area (Å²) in [6.45, 7) is 6.40. The van der Waals surface area contributed by atoms with Crippen LogP contribution in [0.4, 0.5) is 18.0 Å². The highest BCUT2D eigenvalue weighted by molar-refractivity contribution is 5.96. The number of nitrogens with zero attached hydrogens (tertiary/aromatic N) is 1. The molecular weight excluding hydrogens is 451 g/mol. The van der Waals surface area contributed by atoms with Crippen molar-refractivity contribution in [3.8, 4) is 11.5 Å². The molecule has 0 radical (unpaired) electrons. The first-order valence-corrected chi connectivity index (χ1v) is 10.5. The lowest BCUT2D eigenvalue weighted by Crippen LogP contribution is -2.27. The molecule has 1 N–H and O–H groups in total. The average Bonchev–Trinajstić information content (AvgIpc) is 3.10. The van der Waals surface area contributed by atoms with E-state index in [-0.39, 0.29) is 28.0 Å². The van der Waals surface area contributed by atoms with E-state index in [1.54, 1.807) is 51.1 Å². The number of carbonyl (C=O) groups is 1. The Morgan fingerprint density at radius 2 is 1.76 bits per heavy atom. The van der Waals surface area contributed by atoms with Gasteiger partial charge in [-0.3, -0.25) is 4.79 Å². The minimum Gasteiger partial charge on any atom is -0.454 e. The average molecular weight is 473 g/mol. The van der Waals surface area contributed by atoms with Crippen LogP contribution in [0.1, 0.15) is 44.9 Å². The molecule has 1 unspecified atom stereocenters. The fourth-order valence-corrected chi connectivity index (χ4v) is 3.73. The summed E-state index contributed by atoms with van der Waals surface area (Å²) in [4.78, 5) is 26.0. The van der Waals surface area contributed by atoms with E-state index in [4.69, 9.17) is 9.15 Å². The summed E-state index contributed by atoms with van der Waals surface area (Å²) in [5.74, 6) is -0.0544. The summed E-state index contributed by atoms with van der Waals surface area (Å²) in [7, 11) is 0. The highest BCUT2D eigenvalue weighted by Gasteiger charge is 2.33. The van der Waals surface area contributed by atoms with Crippen LogP contribution in [0, 0.1) is 0 Å². The first-order chi connectivity index (χ1) is 15.8. The second kappa shape index (κ2) is 8.02. The molecule has 2 heterocycles. The summed E-state index contributed by atoms with van der Waals surface area (Å²) in [5, 5.41) is 10.5. The van der Waals surface area contributed by atoms with Gasteiger partial charge in [0.15, 0.2) is 11.2 Å². The molecule has 0 aliphatic carbocycles. The number of hydrogen-bond acceptors (Lipinski definition) is 5. The smallest absolute Gasteiger partial charge is 0.419 e. The van der Waals surface area contributed by atoms with Crippen molar-refractivity contribution in [2.24, 2.45) is 0 Å². The van der Waals surface area contributed by atoms with Gasteiger partial charge in [0.1, 0.15) is 11.2 Å². The van der Waals surface area contributed by atoms with Crippen LogP contribution >= 0.6 is 0 Å². The number of carbonyl (C=O) groups excluding carboxylic acids is 1. The van der Waals surface area contributed by atoms with Crippen molar-refractivity contribution in [3.63, 3.8) is 0 Å². The van der Waals surface area contributed by atoms with Crippen molar-refractivity contribution in [3.05, 3.63) is 69.9 Å². The molecule has 4 aromatic rings. The highest BCUT2D eigenvalue weighted by atomic mass is 19.4. The van der Waals surface area contributed by atoms with Crippen molar-refractivity contribution in [2.45, 2.75) is 45.6 Å². The molecule has 2 aromatic heterocycles. The van der Waals surface area contributed by atoms with E-state index in [0.29, 0.717) is 17.0 Å². The number of halogens is 3. The minimum absolute atomic E-state index is 0.0544. The maximum Gasteiger partial charge on any atom is 0.419 e. The van der Waals surface area contributed by atoms with Gasteiger partial charge in [0, 0.05) is 17.0 Å². The molecule has 34 heavy (non-hydrogen) atoms. The van der Waals surface area contributed by atoms with Crippen LogP contribution in [-0.4, -0.2) is 21.4 Å². The summed E-state index contributed by atoms with van der Waals surface area (Å²) >= 11 is 0. The van der Waals surface area contributed by atoms with E-state index >= 15 is 0 Å². The Labute approximate surface area is 192 Å². The van der Waals surface area contributed by atoms with E-state index in [9.17, 15) is 27.9 Å². The van der Waals surface area contributed by atoms with E-state index in [1.165, 1.54) is 11.5 Å². The largest absolute Gasteiger partial charge is 0.454 e. The fraction of sp³-hybridized carbons (Fsp3) is 0.280. The van der Waals surface area contributed by atoms with Gasteiger partial charge >= 0.3 is 12.3 Å². The van der Waals surface area contributed by atoms with Crippen molar-refractivity contribution < 1.29 is 32.2 Å². The zero-order chi connectivity index (χ0) is 25.0. The van der Waals surface area contributed by atoms with Crippen LogP contribution in [-0.2, 0) is 10.9 Å². The number of ether oxygens (including phenoxy) is 1. The molecule has 0 saturated carbocycles. The molecule has 0 aliphatic rings. The van der Waals surface area contributed by atoms with Crippen molar-refractivity contribution in [1.29, 1.82) is 0 Å². The van der Waals surface area contributed by atoms with Crippen LogP contribution in [0.15, 0.2) is 57.7 Å². The van der Waals surface area contributed by atoms with Gasteiger partial charge in [-0.05, 0) is 52.0 Å². The molecule has 0 aliphatic heterocycles. The van der Waals surface area contributed by atoms with Gasteiger partial charge in [-0.1, -0.05) is 18.2 Å². The number of benzene rings is 2. The van der Waals surface area contributed by atoms with Crippen LogP contribution in [0.3, 0.4) is 0 Å².